The molecule has 2 aromatic rings. The Hall–Kier alpha value is -2.90. The average molecular weight is 480 g/mol. The zero-order valence-corrected chi connectivity index (χ0v) is 17.6. The van der Waals surface area contributed by atoms with Crippen LogP contribution >= 0.6 is 0 Å². The van der Waals surface area contributed by atoms with Crippen LogP contribution in [0.4, 0.5) is 32.3 Å². The largest absolute Gasteiger partial charge is 0.490 e. The molecule has 8 nitrogen and oxygen atoms in total. The van der Waals surface area contributed by atoms with Crippen molar-refractivity contribution in [3.63, 3.8) is 0 Å². The first-order valence-corrected chi connectivity index (χ1v) is 9.92. The number of piperidine rings is 1. The molecule has 0 radical (unpaired) electrons. The Balaban J connectivity index is 0.000000383. The number of nitrogens with zero attached hydrogens (tertiary/aromatic N) is 6. The summed E-state index contributed by atoms with van der Waals surface area (Å²) in [5.41, 5.74) is -0.116. The maximum atomic E-state index is 14.9. The number of halogens is 6. The number of aryl methyl sites for hydroxylation is 1. The van der Waals surface area contributed by atoms with Crippen LogP contribution in [0.25, 0.3) is 0 Å². The quantitative estimate of drug-likeness (QED) is 0.676. The van der Waals surface area contributed by atoms with E-state index in [0.29, 0.717) is 38.5 Å². The van der Waals surface area contributed by atoms with E-state index in [2.05, 4.69) is 20.0 Å². The van der Waals surface area contributed by atoms with Crippen molar-refractivity contribution in [2.24, 2.45) is 12.5 Å². The highest BCUT2D eigenvalue weighted by atomic mass is 19.4. The Morgan fingerprint density at radius 3 is 2.30 bits per heavy atom. The molecule has 0 bridgehead atoms. The van der Waals surface area contributed by atoms with E-state index >= 15 is 0 Å². The van der Waals surface area contributed by atoms with E-state index in [-0.39, 0.29) is 13.0 Å². The molecule has 2 aliphatic heterocycles. The van der Waals surface area contributed by atoms with Crippen molar-refractivity contribution in [1.29, 1.82) is 0 Å². The number of anilines is 1. The minimum absolute atomic E-state index is 0.161. The molecular formula is C19H22F6N6O2. The fourth-order valence-electron chi connectivity index (χ4n) is 4.07. The van der Waals surface area contributed by atoms with Gasteiger partial charge in [0.1, 0.15) is 0 Å². The van der Waals surface area contributed by atoms with E-state index in [0.717, 1.165) is 18.0 Å². The van der Waals surface area contributed by atoms with Crippen LogP contribution in [0.5, 0.6) is 0 Å². The van der Waals surface area contributed by atoms with Crippen LogP contribution in [-0.4, -0.2) is 74.0 Å². The molecule has 0 aliphatic carbocycles. The van der Waals surface area contributed by atoms with Gasteiger partial charge >= 0.3 is 12.1 Å². The molecule has 1 spiro atoms. The first-order valence-electron chi connectivity index (χ1n) is 9.92. The van der Waals surface area contributed by atoms with Crippen LogP contribution < -0.4 is 4.90 Å². The zero-order valence-electron chi connectivity index (χ0n) is 17.6. The molecule has 2 aromatic heterocycles. The number of rotatable bonds is 3. The Morgan fingerprint density at radius 1 is 1.12 bits per heavy atom. The molecule has 1 atom stereocenters. The van der Waals surface area contributed by atoms with Crippen molar-refractivity contribution in [1.82, 2.24) is 24.6 Å². The summed E-state index contributed by atoms with van der Waals surface area (Å²) in [5, 5.41) is 11.3. The summed E-state index contributed by atoms with van der Waals surface area (Å²) >= 11 is 0. The highest BCUT2D eigenvalue weighted by molar-refractivity contribution is 5.73. The van der Waals surface area contributed by atoms with E-state index in [1.165, 1.54) is 0 Å². The minimum Gasteiger partial charge on any atom is -0.475 e. The molecule has 0 saturated carbocycles. The van der Waals surface area contributed by atoms with Gasteiger partial charge in [-0.2, -0.15) is 18.3 Å². The van der Waals surface area contributed by atoms with Crippen LogP contribution in [0.2, 0.25) is 0 Å². The second kappa shape index (κ2) is 9.15. The molecule has 4 rings (SSSR count). The first kappa shape index (κ1) is 24.7. The van der Waals surface area contributed by atoms with Crippen LogP contribution in [0.15, 0.2) is 24.8 Å². The summed E-state index contributed by atoms with van der Waals surface area (Å²) < 4.78 is 76.2. The van der Waals surface area contributed by atoms with E-state index in [9.17, 15) is 26.3 Å². The van der Waals surface area contributed by atoms with Gasteiger partial charge in [-0.3, -0.25) is 9.58 Å². The van der Waals surface area contributed by atoms with E-state index < -0.39 is 29.3 Å². The van der Waals surface area contributed by atoms with Gasteiger partial charge in [0.05, 0.1) is 24.0 Å². The Bertz CT molecular complexity index is 966. The number of hydrogen-bond acceptors (Lipinski definition) is 6. The van der Waals surface area contributed by atoms with E-state index in [4.69, 9.17) is 9.90 Å². The average Bonchev–Trinajstić information content (AvgIpc) is 3.33. The summed E-state index contributed by atoms with van der Waals surface area (Å²) in [6.07, 6.45) is 0.942. The smallest absolute Gasteiger partial charge is 0.475 e. The Labute approximate surface area is 184 Å². The first-order chi connectivity index (χ1) is 15.3. The molecule has 1 unspecified atom stereocenters. The highest BCUT2D eigenvalue weighted by Gasteiger charge is 2.59. The summed E-state index contributed by atoms with van der Waals surface area (Å²) in [7, 11) is 1.84. The molecule has 14 heteroatoms. The van der Waals surface area contributed by atoms with Gasteiger partial charge < -0.3 is 10.0 Å². The standard InChI is InChI=1S/C17H21F3N6.C2HF3O2/c1-24-9-13(6-23-24)10-25-4-3-17(19,20)16(11-25)2-5-26(12-16)15-21-7-14(18)8-22-15;3-2(4,5)1(6)7/h6-9H,2-5,10-12H2,1H3;(H,6,7). The Kier molecular flexibility index (Phi) is 6.86. The van der Waals surface area contributed by atoms with Crippen molar-refractivity contribution in [2.75, 3.05) is 31.1 Å². The van der Waals surface area contributed by atoms with Crippen LogP contribution in [0.1, 0.15) is 18.4 Å². The van der Waals surface area contributed by atoms with Crippen molar-refractivity contribution < 1.29 is 36.2 Å². The molecular weight excluding hydrogens is 458 g/mol. The lowest BCUT2D eigenvalue weighted by atomic mass is 9.75. The lowest BCUT2D eigenvalue weighted by Crippen LogP contribution is -2.56. The molecule has 0 aromatic carbocycles. The van der Waals surface area contributed by atoms with Gasteiger partial charge in [-0.15, -0.1) is 0 Å². The van der Waals surface area contributed by atoms with Gasteiger partial charge in [0.15, 0.2) is 5.82 Å². The number of aliphatic carboxylic acids is 1. The summed E-state index contributed by atoms with van der Waals surface area (Å²) in [5.74, 6) is -5.73. The van der Waals surface area contributed by atoms with Crippen LogP contribution in [-0.2, 0) is 18.4 Å². The number of hydrogen-bond donors (Lipinski definition) is 1. The van der Waals surface area contributed by atoms with Crippen molar-refractivity contribution in [3.8, 4) is 0 Å². The third kappa shape index (κ3) is 5.72. The van der Waals surface area contributed by atoms with Gasteiger partial charge in [0, 0.05) is 58.0 Å². The predicted molar refractivity (Wildman–Crippen MR) is 103 cm³/mol. The van der Waals surface area contributed by atoms with Gasteiger partial charge in [0.2, 0.25) is 5.95 Å². The number of carbonyl (C=O) groups is 1. The van der Waals surface area contributed by atoms with Gasteiger partial charge in [-0.25, -0.2) is 27.9 Å². The molecule has 4 heterocycles. The fraction of sp³-hybridized carbons (Fsp3) is 0.579. The Morgan fingerprint density at radius 2 is 1.76 bits per heavy atom. The molecule has 1 N–H and O–H groups in total. The molecule has 2 aliphatic rings. The van der Waals surface area contributed by atoms with Crippen molar-refractivity contribution in [2.45, 2.75) is 31.5 Å². The SMILES string of the molecule is Cn1cc(CN2CCC(F)(F)C3(CCN(c4ncc(F)cn4)C3)C2)cn1.O=C(O)C(F)(F)F. The van der Waals surface area contributed by atoms with Crippen LogP contribution in [0, 0.1) is 11.2 Å². The topological polar surface area (TPSA) is 87.4 Å². The second-order valence-electron chi connectivity index (χ2n) is 8.14. The van der Waals surface area contributed by atoms with E-state index in [1.807, 2.05) is 13.2 Å². The van der Waals surface area contributed by atoms with Gasteiger partial charge in [-0.05, 0) is 6.42 Å². The van der Waals surface area contributed by atoms with Crippen LogP contribution in [0.3, 0.4) is 0 Å². The third-order valence-electron chi connectivity index (χ3n) is 5.69. The lowest BCUT2D eigenvalue weighted by Gasteiger charge is -2.45. The molecule has 2 saturated heterocycles. The highest BCUT2D eigenvalue weighted by Crippen LogP contribution is 2.50. The maximum absolute atomic E-state index is 14.9. The number of aromatic nitrogens is 4. The van der Waals surface area contributed by atoms with Gasteiger partial charge in [0.25, 0.3) is 5.92 Å². The minimum atomic E-state index is -5.08. The normalized spacial score (nSPS) is 22.8. The number of carboxylic acid groups (broad SMARTS) is 1. The molecule has 0 amide bonds. The second-order valence-corrected chi connectivity index (χ2v) is 8.14. The number of alkyl halides is 5. The molecule has 182 valence electrons. The van der Waals surface area contributed by atoms with E-state index in [1.54, 1.807) is 15.8 Å². The maximum Gasteiger partial charge on any atom is 0.490 e. The van der Waals surface area contributed by atoms with Crippen molar-refractivity contribution in [3.05, 3.63) is 36.2 Å². The lowest BCUT2D eigenvalue weighted by molar-refractivity contribution is -0.192. The van der Waals surface area contributed by atoms with Gasteiger partial charge in [-0.1, -0.05) is 0 Å². The molecule has 2 fully saturated rings. The molecule has 33 heavy (non-hydrogen) atoms. The number of carboxylic acids is 1. The summed E-state index contributed by atoms with van der Waals surface area (Å²) in [6, 6.07) is 0. The summed E-state index contributed by atoms with van der Waals surface area (Å²) in [6.45, 7) is 1.90. The fourth-order valence-corrected chi connectivity index (χ4v) is 4.07. The third-order valence-corrected chi connectivity index (χ3v) is 5.69. The number of likely N-dealkylation sites (tertiary alicyclic amines) is 1. The summed E-state index contributed by atoms with van der Waals surface area (Å²) in [4.78, 5) is 20.6. The van der Waals surface area contributed by atoms with Crippen molar-refractivity contribution >= 4 is 11.9 Å². The zero-order chi connectivity index (χ0) is 24.4. The predicted octanol–water partition coefficient (Wildman–Crippen LogP) is 2.72. The monoisotopic (exact) mass is 480 g/mol.